The van der Waals surface area contributed by atoms with Gasteiger partial charge in [0, 0.05) is 21.1 Å². The quantitative estimate of drug-likeness (QED) is 0.583. The highest BCUT2D eigenvalue weighted by Gasteiger charge is 2.38. The minimum Gasteiger partial charge on any atom is -0.377 e. The van der Waals surface area contributed by atoms with Crippen molar-refractivity contribution in [3.05, 3.63) is 74.7 Å². The Balaban J connectivity index is 1.84. The zero-order chi connectivity index (χ0) is 15.3. The lowest BCUT2D eigenvalue weighted by Gasteiger charge is -2.38. The van der Waals surface area contributed by atoms with Crippen molar-refractivity contribution in [3.63, 3.8) is 0 Å². The highest BCUT2D eigenvalue weighted by molar-refractivity contribution is 9.10. The third-order valence-electron chi connectivity index (χ3n) is 4.84. The van der Waals surface area contributed by atoms with Crippen LogP contribution >= 0.6 is 27.5 Å². The molecule has 1 N–H and O–H groups in total. The number of allylic oxidation sites excluding steroid dienone is 2. The van der Waals surface area contributed by atoms with Crippen molar-refractivity contribution in [1.29, 1.82) is 0 Å². The maximum atomic E-state index is 6.29. The molecule has 112 valence electrons. The molecule has 0 bridgehead atoms. The van der Waals surface area contributed by atoms with Gasteiger partial charge in [0.05, 0.1) is 6.04 Å². The Morgan fingerprint density at radius 2 is 2.09 bits per heavy atom. The first-order valence-corrected chi connectivity index (χ1v) is 8.79. The van der Waals surface area contributed by atoms with Crippen LogP contribution in [0.15, 0.2) is 53.0 Å². The summed E-state index contributed by atoms with van der Waals surface area (Å²) < 4.78 is 1.13. The summed E-state index contributed by atoms with van der Waals surface area (Å²) in [6.07, 6.45) is 5.78. The number of anilines is 1. The molecule has 2 aromatic rings. The number of nitrogens with one attached hydrogen (secondary N) is 1. The molecule has 2 aliphatic rings. The normalized spacial score (nSPS) is 25.5. The van der Waals surface area contributed by atoms with Crippen LogP contribution in [0, 0.1) is 12.8 Å². The first-order valence-electron chi connectivity index (χ1n) is 7.62. The fourth-order valence-corrected chi connectivity index (χ4v) is 4.57. The summed E-state index contributed by atoms with van der Waals surface area (Å²) in [5.41, 5.74) is 5.16. The van der Waals surface area contributed by atoms with E-state index in [2.05, 4.69) is 70.7 Å². The molecule has 0 fully saturated rings. The van der Waals surface area contributed by atoms with Crippen LogP contribution in [0.1, 0.15) is 35.1 Å². The van der Waals surface area contributed by atoms with Gasteiger partial charge in [-0.25, -0.2) is 0 Å². The minimum atomic E-state index is 0.338. The number of hydrogen-bond acceptors (Lipinski definition) is 1. The summed E-state index contributed by atoms with van der Waals surface area (Å²) in [6.45, 7) is 2.13. The van der Waals surface area contributed by atoms with E-state index in [9.17, 15) is 0 Å². The van der Waals surface area contributed by atoms with Gasteiger partial charge < -0.3 is 5.32 Å². The van der Waals surface area contributed by atoms with Crippen molar-refractivity contribution >= 4 is 33.2 Å². The van der Waals surface area contributed by atoms with Crippen molar-refractivity contribution in [3.8, 4) is 0 Å². The van der Waals surface area contributed by atoms with Gasteiger partial charge in [-0.3, -0.25) is 0 Å². The Kier molecular flexibility index (Phi) is 3.54. The molecule has 22 heavy (non-hydrogen) atoms. The van der Waals surface area contributed by atoms with Crippen LogP contribution in [0.25, 0.3) is 0 Å². The van der Waals surface area contributed by atoms with E-state index in [-0.39, 0.29) is 0 Å². The van der Waals surface area contributed by atoms with Crippen LogP contribution < -0.4 is 5.32 Å². The Labute approximate surface area is 144 Å². The third-order valence-corrected chi connectivity index (χ3v) is 5.55. The third kappa shape index (κ3) is 2.29. The zero-order valence-corrected chi connectivity index (χ0v) is 14.7. The van der Waals surface area contributed by atoms with Gasteiger partial charge in [-0.05, 0) is 60.2 Å². The average Bonchev–Trinajstić information content (AvgIpc) is 2.96. The SMILES string of the molecule is Cc1cc(Cl)cc2c1N[C@H](c1cccc(Br)c1)[C@@H]1CC=C[C@H]21. The molecule has 1 heterocycles. The van der Waals surface area contributed by atoms with Gasteiger partial charge in [0.2, 0.25) is 0 Å². The second-order valence-electron chi connectivity index (χ2n) is 6.22. The number of fused-ring (bicyclic) bond motifs is 3. The second-order valence-corrected chi connectivity index (χ2v) is 7.57. The van der Waals surface area contributed by atoms with E-state index in [1.165, 1.54) is 22.4 Å². The highest BCUT2D eigenvalue weighted by Crippen LogP contribution is 2.51. The summed E-state index contributed by atoms with van der Waals surface area (Å²) in [5, 5.41) is 4.62. The van der Waals surface area contributed by atoms with Crippen LogP contribution in [0.3, 0.4) is 0 Å². The molecule has 3 atom stereocenters. The van der Waals surface area contributed by atoms with Crippen molar-refractivity contribution in [2.75, 3.05) is 5.32 Å². The van der Waals surface area contributed by atoms with Crippen LogP contribution in [-0.2, 0) is 0 Å². The monoisotopic (exact) mass is 373 g/mol. The maximum absolute atomic E-state index is 6.29. The van der Waals surface area contributed by atoms with Gasteiger partial charge in [-0.1, -0.05) is 51.8 Å². The Bertz CT molecular complexity index is 768. The molecule has 0 amide bonds. The van der Waals surface area contributed by atoms with Gasteiger partial charge in [0.25, 0.3) is 0 Å². The fourth-order valence-electron chi connectivity index (χ4n) is 3.87. The molecular formula is C19H17BrClN. The van der Waals surface area contributed by atoms with Crippen LogP contribution in [0.4, 0.5) is 5.69 Å². The molecule has 1 nitrogen and oxygen atoms in total. The van der Waals surface area contributed by atoms with Gasteiger partial charge in [0.15, 0.2) is 0 Å². The van der Waals surface area contributed by atoms with Gasteiger partial charge in [-0.15, -0.1) is 0 Å². The predicted molar refractivity (Wildman–Crippen MR) is 96.7 cm³/mol. The van der Waals surface area contributed by atoms with Gasteiger partial charge >= 0.3 is 0 Å². The summed E-state index contributed by atoms with van der Waals surface area (Å²) >= 11 is 9.88. The zero-order valence-electron chi connectivity index (χ0n) is 12.3. The largest absolute Gasteiger partial charge is 0.377 e. The molecular weight excluding hydrogens is 358 g/mol. The molecule has 3 heteroatoms. The standard InChI is InChI=1S/C19H17BrClN/c1-11-8-14(21)10-17-15-6-3-7-16(15)19(22-18(11)17)12-4-2-5-13(20)9-12/h2-6,8-10,15-16,19,22H,7H2,1H3/t15-,16+,19+/m0/s1. The number of benzene rings is 2. The van der Waals surface area contributed by atoms with E-state index < -0.39 is 0 Å². The smallest absolute Gasteiger partial charge is 0.0554 e. The first-order chi connectivity index (χ1) is 10.6. The lowest BCUT2D eigenvalue weighted by atomic mass is 9.76. The number of rotatable bonds is 1. The Hall–Kier alpha value is -1.25. The summed E-state index contributed by atoms with van der Waals surface area (Å²) in [5.74, 6) is 1.01. The maximum Gasteiger partial charge on any atom is 0.0554 e. The van der Waals surface area contributed by atoms with E-state index >= 15 is 0 Å². The summed E-state index contributed by atoms with van der Waals surface area (Å²) in [7, 11) is 0. The fraction of sp³-hybridized carbons (Fsp3) is 0.263. The molecule has 0 unspecified atom stereocenters. The lowest BCUT2D eigenvalue weighted by molar-refractivity contribution is 0.425. The van der Waals surface area contributed by atoms with Crippen molar-refractivity contribution < 1.29 is 0 Å². The molecule has 1 aliphatic heterocycles. The topological polar surface area (TPSA) is 12.0 Å². The molecule has 1 aliphatic carbocycles. The predicted octanol–water partition coefficient (Wildman–Crippen LogP) is 6.24. The van der Waals surface area contributed by atoms with E-state index in [0.29, 0.717) is 17.9 Å². The Morgan fingerprint density at radius 1 is 1.23 bits per heavy atom. The summed E-state index contributed by atoms with van der Waals surface area (Å²) in [4.78, 5) is 0. The number of hydrogen-bond donors (Lipinski definition) is 1. The Morgan fingerprint density at radius 3 is 2.91 bits per heavy atom. The first kappa shape index (κ1) is 14.3. The minimum absolute atomic E-state index is 0.338. The van der Waals surface area contributed by atoms with E-state index in [4.69, 9.17) is 11.6 Å². The molecule has 0 aromatic heterocycles. The number of aryl methyl sites for hydroxylation is 1. The molecule has 0 spiro atoms. The van der Waals surface area contributed by atoms with Gasteiger partial charge in [-0.2, -0.15) is 0 Å². The van der Waals surface area contributed by atoms with Crippen molar-refractivity contribution in [2.24, 2.45) is 5.92 Å². The van der Waals surface area contributed by atoms with Crippen LogP contribution in [0.2, 0.25) is 5.02 Å². The van der Waals surface area contributed by atoms with Crippen molar-refractivity contribution in [2.45, 2.75) is 25.3 Å². The number of halogens is 2. The van der Waals surface area contributed by atoms with E-state index in [1.54, 1.807) is 0 Å². The molecule has 0 saturated carbocycles. The lowest BCUT2D eigenvalue weighted by Crippen LogP contribution is -2.29. The van der Waals surface area contributed by atoms with Crippen LogP contribution in [-0.4, -0.2) is 0 Å². The molecule has 0 saturated heterocycles. The molecule has 0 radical (unpaired) electrons. The molecule has 2 aromatic carbocycles. The van der Waals surface area contributed by atoms with E-state index in [0.717, 1.165) is 15.9 Å². The average molecular weight is 375 g/mol. The van der Waals surface area contributed by atoms with Gasteiger partial charge in [0.1, 0.15) is 0 Å². The van der Waals surface area contributed by atoms with Crippen LogP contribution in [0.5, 0.6) is 0 Å². The summed E-state index contributed by atoms with van der Waals surface area (Å²) in [6, 6.07) is 13.1. The molecule has 4 rings (SSSR count). The van der Waals surface area contributed by atoms with Crippen molar-refractivity contribution in [1.82, 2.24) is 0 Å². The highest BCUT2D eigenvalue weighted by atomic mass is 79.9. The van der Waals surface area contributed by atoms with E-state index in [1.807, 2.05) is 6.07 Å². The second kappa shape index (κ2) is 5.43.